The topological polar surface area (TPSA) is 93.5 Å². The highest BCUT2D eigenvalue weighted by Gasteiger charge is 2.27. The van der Waals surface area contributed by atoms with Crippen molar-refractivity contribution in [2.24, 2.45) is 0 Å². The zero-order valence-corrected chi connectivity index (χ0v) is 20.3. The minimum atomic E-state index is -3.66. The Morgan fingerprint density at radius 3 is 2.56 bits per heavy atom. The molecule has 1 fully saturated rings. The predicted molar refractivity (Wildman–Crippen MR) is 130 cm³/mol. The van der Waals surface area contributed by atoms with Crippen molar-refractivity contribution in [2.45, 2.75) is 31.6 Å². The first-order valence-electron chi connectivity index (χ1n) is 11.4. The Hall–Kier alpha value is -3.01. The molecule has 4 rings (SSSR count). The lowest BCUT2D eigenvalue weighted by Crippen LogP contribution is -2.40. The maximum absolute atomic E-state index is 13.0. The molecule has 1 aliphatic rings. The van der Waals surface area contributed by atoms with E-state index in [0.29, 0.717) is 38.4 Å². The monoisotopic (exact) mass is 482 g/mol. The number of rotatable bonds is 8. The van der Waals surface area contributed by atoms with E-state index >= 15 is 0 Å². The minimum Gasteiger partial charge on any atom is -0.379 e. The van der Waals surface area contributed by atoms with Crippen LogP contribution in [0.15, 0.2) is 59.6 Å². The van der Waals surface area contributed by atoms with E-state index in [9.17, 15) is 13.2 Å². The van der Waals surface area contributed by atoms with Crippen LogP contribution >= 0.6 is 0 Å². The number of carbonyl (C=O) groups is 1. The molecule has 0 atom stereocenters. The van der Waals surface area contributed by atoms with Gasteiger partial charge in [-0.2, -0.15) is 9.40 Å². The largest absolute Gasteiger partial charge is 0.379 e. The van der Waals surface area contributed by atoms with E-state index in [1.165, 1.54) is 10.4 Å². The van der Waals surface area contributed by atoms with Crippen molar-refractivity contribution >= 4 is 15.9 Å². The standard InChI is InChI=1S/C25H30N4O4S/c1-19-10-11-23(34(31,32)28-13-15-33-16-14-28)17-24(19)25(30)26-12-6-7-21-18-29(27-20(21)2)22-8-4-3-5-9-22/h3-5,8-11,17-18H,6-7,12-16H2,1-2H3,(H,26,30). The molecule has 1 N–H and O–H groups in total. The molecule has 1 amide bonds. The molecular weight excluding hydrogens is 452 g/mol. The van der Waals surface area contributed by atoms with Crippen LogP contribution in [0.4, 0.5) is 0 Å². The molecule has 1 aliphatic heterocycles. The molecule has 0 unspecified atom stereocenters. The van der Waals surface area contributed by atoms with Crippen LogP contribution in [0.2, 0.25) is 0 Å². The molecule has 0 aliphatic carbocycles. The zero-order valence-electron chi connectivity index (χ0n) is 19.5. The number of hydrogen-bond acceptors (Lipinski definition) is 5. The van der Waals surface area contributed by atoms with E-state index in [1.54, 1.807) is 19.1 Å². The summed E-state index contributed by atoms with van der Waals surface area (Å²) in [4.78, 5) is 13.0. The van der Waals surface area contributed by atoms with E-state index in [2.05, 4.69) is 10.4 Å². The molecule has 180 valence electrons. The predicted octanol–water partition coefficient (Wildman–Crippen LogP) is 2.87. The number of carbonyl (C=O) groups excluding carboxylic acids is 1. The molecule has 8 nitrogen and oxygen atoms in total. The van der Waals surface area contributed by atoms with Gasteiger partial charge in [0, 0.05) is 31.4 Å². The Balaban J connectivity index is 1.36. The van der Waals surface area contributed by atoms with Gasteiger partial charge in [0.25, 0.3) is 5.91 Å². The average molecular weight is 483 g/mol. The number of amides is 1. The molecule has 1 saturated heterocycles. The van der Waals surface area contributed by atoms with Crippen molar-refractivity contribution in [1.82, 2.24) is 19.4 Å². The molecule has 0 spiro atoms. The van der Waals surface area contributed by atoms with Gasteiger partial charge in [-0.1, -0.05) is 24.3 Å². The summed E-state index contributed by atoms with van der Waals surface area (Å²) in [5.74, 6) is -0.270. The van der Waals surface area contributed by atoms with E-state index in [-0.39, 0.29) is 10.8 Å². The molecule has 0 radical (unpaired) electrons. The van der Waals surface area contributed by atoms with E-state index in [4.69, 9.17) is 4.74 Å². The summed E-state index contributed by atoms with van der Waals surface area (Å²) in [5, 5.41) is 7.52. The molecule has 2 heterocycles. The number of benzene rings is 2. The molecular formula is C25H30N4O4S. The number of aromatic nitrogens is 2. The molecule has 1 aromatic heterocycles. The average Bonchev–Trinajstić information content (AvgIpc) is 3.23. The summed E-state index contributed by atoms with van der Waals surface area (Å²) in [6, 6.07) is 14.7. The number of para-hydroxylation sites is 1. The van der Waals surface area contributed by atoms with Crippen LogP contribution in [0, 0.1) is 13.8 Å². The van der Waals surface area contributed by atoms with Gasteiger partial charge in [0.2, 0.25) is 10.0 Å². The van der Waals surface area contributed by atoms with E-state index < -0.39 is 10.0 Å². The molecule has 3 aromatic rings. The van der Waals surface area contributed by atoms with Crippen molar-refractivity contribution in [3.05, 3.63) is 77.1 Å². The summed E-state index contributed by atoms with van der Waals surface area (Å²) in [6.07, 6.45) is 3.55. The highest BCUT2D eigenvalue weighted by atomic mass is 32.2. The van der Waals surface area contributed by atoms with Gasteiger partial charge in [-0.15, -0.1) is 0 Å². The summed E-state index contributed by atoms with van der Waals surface area (Å²) in [7, 11) is -3.66. The van der Waals surface area contributed by atoms with Crippen molar-refractivity contribution in [2.75, 3.05) is 32.8 Å². The van der Waals surface area contributed by atoms with Gasteiger partial charge in [0.1, 0.15) is 0 Å². The lowest BCUT2D eigenvalue weighted by Gasteiger charge is -2.26. The van der Waals surface area contributed by atoms with Gasteiger partial charge in [-0.3, -0.25) is 4.79 Å². The molecule has 0 saturated carbocycles. The Morgan fingerprint density at radius 2 is 1.82 bits per heavy atom. The van der Waals surface area contributed by atoms with Gasteiger partial charge < -0.3 is 10.1 Å². The molecule has 34 heavy (non-hydrogen) atoms. The fraction of sp³-hybridized carbons (Fsp3) is 0.360. The van der Waals surface area contributed by atoms with Crippen LogP contribution in [0.1, 0.15) is 33.6 Å². The number of nitrogens with one attached hydrogen (secondary N) is 1. The molecule has 9 heteroatoms. The van der Waals surface area contributed by atoms with Crippen LogP contribution in [-0.4, -0.2) is 61.3 Å². The lowest BCUT2D eigenvalue weighted by atomic mass is 10.1. The van der Waals surface area contributed by atoms with Crippen LogP contribution in [0.3, 0.4) is 0 Å². The highest BCUT2D eigenvalue weighted by molar-refractivity contribution is 7.89. The lowest BCUT2D eigenvalue weighted by molar-refractivity contribution is 0.0730. The Labute approximate surface area is 200 Å². The third-order valence-electron chi connectivity index (χ3n) is 5.99. The van der Waals surface area contributed by atoms with Gasteiger partial charge in [0.15, 0.2) is 0 Å². The number of morpholine rings is 1. The fourth-order valence-electron chi connectivity index (χ4n) is 3.97. The first-order valence-corrected chi connectivity index (χ1v) is 12.9. The smallest absolute Gasteiger partial charge is 0.251 e. The maximum Gasteiger partial charge on any atom is 0.251 e. The Kier molecular flexibility index (Phi) is 7.45. The van der Waals surface area contributed by atoms with Crippen LogP contribution in [-0.2, 0) is 21.2 Å². The number of nitrogens with zero attached hydrogens (tertiary/aromatic N) is 3. The first kappa shape index (κ1) is 24.1. The maximum atomic E-state index is 13.0. The van der Waals surface area contributed by atoms with Gasteiger partial charge >= 0.3 is 0 Å². The van der Waals surface area contributed by atoms with Crippen LogP contribution in [0.5, 0.6) is 0 Å². The van der Waals surface area contributed by atoms with Gasteiger partial charge in [0.05, 0.1) is 29.5 Å². The second-order valence-electron chi connectivity index (χ2n) is 8.37. The summed E-state index contributed by atoms with van der Waals surface area (Å²) < 4.78 is 34.4. The van der Waals surface area contributed by atoms with Crippen LogP contribution in [0.25, 0.3) is 5.69 Å². The summed E-state index contributed by atoms with van der Waals surface area (Å²) in [5.41, 5.74) is 4.22. The summed E-state index contributed by atoms with van der Waals surface area (Å²) in [6.45, 7) is 5.66. The second kappa shape index (κ2) is 10.5. The van der Waals surface area contributed by atoms with Crippen molar-refractivity contribution in [3.63, 3.8) is 0 Å². The number of sulfonamides is 1. The van der Waals surface area contributed by atoms with E-state index in [0.717, 1.165) is 35.3 Å². The molecule has 0 bridgehead atoms. The Bertz CT molecular complexity index is 1250. The Morgan fingerprint density at radius 1 is 1.09 bits per heavy atom. The van der Waals surface area contributed by atoms with E-state index in [1.807, 2.05) is 48.1 Å². The van der Waals surface area contributed by atoms with Crippen molar-refractivity contribution in [1.29, 1.82) is 0 Å². The van der Waals surface area contributed by atoms with Gasteiger partial charge in [-0.25, -0.2) is 13.1 Å². The second-order valence-corrected chi connectivity index (χ2v) is 10.3. The van der Waals surface area contributed by atoms with Crippen molar-refractivity contribution < 1.29 is 17.9 Å². The molecule has 2 aromatic carbocycles. The fourth-order valence-corrected chi connectivity index (χ4v) is 5.41. The minimum absolute atomic E-state index is 0.133. The van der Waals surface area contributed by atoms with Crippen molar-refractivity contribution in [3.8, 4) is 5.69 Å². The number of hydrogen-bond donors (Lipinski definition) is 1. The third kappa shape index (κ3) is 5.38. The quantitative estimate of drug-likeness (QED) is 0.499. The third-order valence-corrected chi connectivity index (χ3v) is 7.89. The highest BCUT2D eigenvalue weighted by Crippen LogP contribution is 2.21. The zero-order chi connectivity index (χ0) is 24.1. The number of ether oxygens (including phenoxy) is 1. The van der Waals surface area contributed by atoms with Gasteiger partial charge in [-0.05, 0) is 62.1 Å². The SMILES string of the molecule is Cc1ccc(S(=O)(=O)N2CCOCC2)cc1C(=O)NCCCc1cn(-c2ccccc2)nc1C. The first-order chi connectivity index (χ1) is 16.4. The normalized spacial score (nSPS) is 14.8. The van der Waals surface area contributed by atoms with Crippen LogP contribution < -0.4 is 5.32 Å². The summed E-state index contributed by atoms with van der Waals surface area (Å²) >= 11 is 0. The number of aryl methyl sites for hydroxylation is 3.